The summed E-state index contributed by atoms with van der Waals surface area (Å²) in [7, 11) is -3.84. The number of rotatable bonds is 1. The van der Waals surface area contributed by atoms with Crippen molar-refractivity contribution in [2.45, 2.75) is 4.90 Å². The van der Waals surface area contributed by atoms with E-state index >= 15 is 0 Å². The Morgan fingerprint density at radius 3 is 2.15 bits per heavy atom. The van der Waals surface area contributed by atoms with Crippen LogP contribution in [0, 0.1) is 0 Å². The summed E-state index contributed by atoms with van der Waals surface area (Å²) in [6.07, 6.45) is 0. The molecule has 0 aliphatic heterocycles. The third kappa shape index (κ3) is 2.25. The summed E-state index contributed by atoms with van der Waals surface area (Å²) >= 11 is 11.2. The number of hydrogen-bond acceptors (Lipinski definition) is 3. The maximum atomic E-state index is 10.9. The fourth-order valence-electron chi connectivity index (χ4n) is 0.763. The topological polar surface area (TPSA) is 86.2 Å². The Bertz CT molecular complexity index is 444. The Hall–Kier alpha value is -0.490. The van der Waals surface area contributed by atoms with Crippen LogP contribution in [0.2, 0.25) is 10.0 Å². The lowest BCUT2D eigenvalue weighted by molar-refractivity contribution is 0.598. The van der Waals surface area contributed by atoms with Crippen molar-refractivity contribution < 1.29 is 8.42 Å². The van der Waals surface area contributed by atoms with E-state index in [0.29, 0.717) is 0 Å². The summed E-state index contributed by atoms with van der Waals surface area (Å²) in [5, 5.41) is 5.02. The Morgan fingerprint density at radius 1 is 1.15 bits per heavy atom. The predicted octanol–water partition coefficient (Wildman–Crippen LogP) is 1.22. The molecule has 1 rings (SSSR count). The second-order valence-electron chi connectivity index (χ2n) is 2.35. The molecule has 0 aromatic heterocycles. The van der Waals surface area contributed by atoms with Gasteiger partial charge < -0.3 is 5.73 Å². The first kappa shape index (κ1) is 10.6. The van der Waals surface area contributed by atoms with Crippen LogP contribution in [-0.2, 0) is 10.0 Å². The van der Waals surface area contributed by atoms with E-state index in [9.17, 15) is 8.42 Å². The average molecular weight is 241 g/mol. The second kappa shape index (κ2) is 3.34. The molecule has 0 saturated heterocycles. The van der Waals surface area contributed by atoms with E-state index in [1.54, 1.807) is 0 Å². The van der Waals surface area contributed by atoms with Gasteiger partial charge >= 0.3 is 0 Å². The minimum Gasteiger partial charge on any atom is -0.397 e. The van der Waals surface area contributed by atoms with Crippen LogP contribution in [-0.4, -0.2) is 8.42 Å². The van der Waals surface area contributed by atoms with E-state index in [0.717, 1.165) is 6.07 Å². The number of nitrogens with two attached hydrogens (primary N) is 2. The van der Waals surface area contributed by atoms with Crippen molar-refractivity contribution >= 4 is 38.9 Å². The van der Waals surface area contributed by atoms with Gasteiger partial charge in [-0.2, -0.15) is 0 Å². The van der Waals surface area contributed by atoms with Gasteiger partial charge in [0, 0.05) is 0 Å². The van der Waals surface area contributed by atoms with E-state index < -0.39 is 10.0 Å². The van der Waals surface area contributed by atoms with Gasteiger partial charge in [-0.3, -0.25) is 0 Å². The van der Waals surface area contributed by atoms with Crippen molar-refractivity contribution in [3.63, 3.8) is 0 Å². The van der Waals surface area contributed by atoms with E-state index in [1.165, 1.54) is 6.07 Å². The molecular weight excluding hydrogens is 235 g/mol. The molecule has 0 aliphatic carbocycles. The fourth-order valence-corrected chi connectivity index (χ4v) is 2.09. The first-order chi connectivity index (χ1) is 5.82. The third-order valence-electron chi connectivity index (χ3n) is 1.36. The van der Waals surface area contributed by atoms with Crippen molar-refractivity contribution in [2.75, 3.05) is 5.73 Å². The lowest BCUT2D eigenvalue weighted by atomic mass is 10.3. The molecular formula is C6H6Cl2N2O2S. The molecule has 0 fully saturated rings. The van der Waals surface area contributed by atoms with Gasteiger partial charge in [0.1, 0.15) is 4.90 Å². The zero-order valence-corrected chi connectivity index (χ0v) is 8.62. The zero-order chi connectivity index (χ0) is 10.2. The Kier molecular flexibility index (Phi) is 2.72. The van der Waals surface area contributed by atoms with Crippen molar-refractivity contribution in [3.8, 4) is 0 Å². The number of benzene rings is 1. The van der Waals surface area contributed by atoms with E-state index in [1.807, 2.05) is 0 Å². The highest BCUT2D eigenvalue weighted by atomic mass is 35.5. The average Bonchev–Trinajstić information content (AvgIpc) is 1.94. The maximum absolute atomic E-state index is 10.9. The molecule has 0 spiro atoms. The molecule has 0 radical (unpaired) electrons. The maximum Gasteiger partial charge on any atom is 0.239 e. The lowest BCUT2D eigenvalue weighted by Crippen LogP contribution is -2.13. The van der Waals surface area contributed by atoms with Crippen LogP contribution in [0.3, 0.4) is 0 Å². The molecule has 0 aliphatic rings. The molecule has 1 aromatic rings. The van der Waals surface area contributed by atoms with Gasteiger partial charge in [-0.25, -0.2) is 13.6 Å². The van der Waals surface area contributed by atoms with Crippen LogP contribution in [0.1, 0.15) is 0 Å². The van der Waals surface area contributed by atoms with Crippen LogP contribution >= 0.6 is 23.2 Å². The summed E-state index contributed by atoms with van der Waals surface area (Å²) in [6.45, 7) is 0. The lowest BCUT2D eigenvalue weighted by Gasteiger charge is -2.04. The first-order valence-electron chi connectivity index (χ1n) is 3.09. The summed E-state index contributed by atoms with van der Waals surface area (Å²) < 4.78 is 21.8. The molecule has 0 atom stereocenters. The van der Waals surface area contributed by atoms with Gasteiger partial charge in [0.25, 0.3) is 0 Å². The predicted molar refractivity (Wildman–Crippen MR) is 52.2 cm³/mol. The molecule has 0 bridgehead atoms. The Balaban J connectivity index is 3.50. The van der Waals surface area contributed by atoms with E-state index in [2.05, 4.69) is 0 Å². The van der Waals surface area contributed by atoms with Gasteiger partial charge in [0.2, 0.25) is 10.0 Å². The van der Waals surface area contributed by atoms with E-state index in [-0.39, 0.29) is 20.6 Å². The van der Waals surface area contributed by atoms with Gasteiger partial charge in [0.15, 0.2) is 0 Å². The summed E-state index contributed by atoms with van der Waals surface area (Å²) in [6, 6.07) is 2.36. The molecule has 72 valence electrons. The number of anilines is 1. The number of sulfonamides is 1. The van der Waals surface area contributed by atoms with Crippen molar-refractivity contribution in [1.82, 2.24) is 0 Å². The Morgan fingerprint density at radius 2 is 1.69 bits per heavy atom. The fraction of sp³-hybridized carbons (Fsp3) is 0. The molecule has 4 nitrogen and oxygen atoms in total. The van der Waals surface area contributed by atoms with Crippen molar-refractivity contribution in [2.24, 2.45) is 5.14 Å². The molecule has 0 amide bonds. The smallest absolute Gasteiger partial charge is 0.239 e. The third-order valence-corrected chi connectivity index (χ3v) is 3.06. The molecule has 0 unspecified atom stereocenters. The standard InChI is InChI=1S/C6H6Cl2N2O2S/c7-3-1-4(8)6(2-5(3)9)13(10,11)12/h1-2H,9H2,(H2,10,11,12). The van der Waals surface area contributed by atoms with Crippen LogP contribution in [0.4, 0.5) is 5.69 Å². The molecule has 1 aromatic carbocycles. The van der Waals surface area contributed by atoms with Gasteiger partial charge in [-0.05, 0) is 12.1 Å². The van der Waals surface area contributed by atoms with Crippen molar-refractivity contribution in [3.05, 3.63) is 22.2 Å². The number of hydrogen-bond donors (Lipinski definition) is 2. The summed E-state index contributed by atoms with van der Waals surface area (Å²) in [5.74, 6) is 0. The van der Waals surface area contributed by atoms with Crippen LogP contribution < -0.4 is 10.9 Å². The number of halogens is 2. The normalized spacial score (nSPS) is 11.6. The highest BCUT2D eigenvalue weighted by Crippen LogP contribution is 2.29. The quantitative estimate of drug-likeness (QED) is 0.725. The number of nitrogen functional groups attached to an aromatic ring is 1. The van der Waals surface area contributed by atoms with E-state index in [4.69, 9.17) is 34.1 Å². The molecule has 4 N–H and O–H groups in total. The highest BCUT2D eigenvalue weighted by Gasteiger charge is 2.14. The highest BCUT2D eigenvalue weighted by molar-refractivity contribution is 7.89. The van der Waals surface area contributed by atoms with Crippen LogP contribution in [0.15, 0.2) is 17.0 Å². The van der Waals surface area contributed by atoms with Gasteiger partial charge in [0.05, 0.1) is 15.7 Å². The molecule has 0 heterocycles. The van der Waals surface area contributed by atoms with Crippen LogP contribution in [0.5, 0.6) is 0 Å². The Labute approximate surface area is 85.5 Å². The monoisotopic (exact) mass is 240 g/mol. The zero-order valence-electron chi connectivity index (χ0n) is 6.29. The summed E-state index contributed by atoms with van der Waals surface area (Å²) in [4.78, 5) is -0.226. The van der Waals surface area contributed by atoms with Gasteiger partial charge in [-0.1, -0.05) is 23.2 Å². The van der Waals surface area contributed by atoms with Crippen molar-refractivity contribution in [1.29, 1.82) is 0 Å². The minimum atomic E-state index is -3.84. The largest absolute Gasteiger partial charge is 0.397 e. The molecule has 0 saturated carbocycles. The van der Waals surface area contributed by atoms with Gasteiger partial charge in [-0.15, -0.1) is 0 Å². The number of primary sulfonamides is 1. The van der Waals surface area contributed by atoms with Crippen LogP contribution in [0.25, 0.3) is 0 Å². The summed E-state index contributed by atoms with van der Waals surface area (Å²) in [5.41, 5.74) is 5.50. The SMILES string of the molecule is Nc1cc(S(N)(=O)=O)c(Cl)cc1Cl. The first-order valence-corrected chi connectivity index (χ1v) is 5.40. The molecule has 13 heavy (non-hydrogen) atoms. The molecule has 7 heteroatoms. The minimum absolute atomic E-state index is 0.0401. The second-order valence-corrected chi connectivity index (χ2v) is 4.69.